The fourth-order valence-corrected chi connectivity index (χ4v) is 2.33. The van der Waals surface area contributed by atoms with Gasteiger partial charge in [-0.3, -0.25) is 4.79 Å². The number of benzene rings is 3. The predicted molar refractivity (Wildman–Crippen MR) is 97.0 cm³/mol. The van der Waals surface area contributed by atoms with Crippen molar-refractivity contribution in [1.29, 1.82) is 0 Å². The Balaban J connectivity index is 1.64. The maximum atomic E-state index is 12.9. The summed E-state index contributed by atoms with van der Waals surface area (Å²) in [7, 11) is 0. The molecule has 0 N–H and O–H groups in total. The first kappa shape index (κ1) is 16.7. The molecule has 0 spiro atoms. The van der Waals surface area contributed by atoms with Crippen LogP contribution in [0.5, 0.6) is 5.75 Å². The van der Waals surface area contributed by atoms with Crippen LogP contribution in [-0.2, 0) is 6.61 Å². The summed E-state index contributed by atoms with van der Waals surface area (Å²) in [6.07, 6.45) is 3.20. The topological polar surface area (TPSA) is 26.3 Å². The molecule has 0 atom stereocenters. The lowest BCUT2D eigenvalue weighted by Gasteiger charge is -2.06. The van der Waals surface area contributed by atoms with E-state index in [1.165, 1.54) is 30.3 Å². The zero-order chi connectivity index (χ0) is 17.5. The summed E-state index contributed by atoms with van der Waals surface area (Å²) in [5, 5.41) is 0. The molecule has 0 aliphatic carbocycles. The SMILES string of the molecule is O=C(/C=C/c1cccc(OCc2ccccc2)c1)c1ccc(F)cc1. The van der Waals surface area contributed by atoms with E-state index in [1.54, 1.807) is 6.08 Å². The Bertz CT molecular complexity index is 868. The number of halogens is 1. The molecule has 0 saturated carbocycles. The molecule has 0 amide bonds. The van der Waals surface area contributed by atoms with Crippen molar-refractivity contribution in [1.82, 2.24) is 0 Å². The number of ketones is 1. The Labute approximate surface area is 146 Å². The van der Waals surface area contributed by atoms with E-state index in [-0.39, 0.29) is 11.6 Å². The summed E-state index contributed by atoms with van der Waals surface area (Å²) < 4.78 is 18.7. The minimum atomic E-state index is -0.358. The second-order valence-electron chi connectivity index (χ2n) is 5.55. The summed E-state index contributed by atoms with van der Waals surface area (Å²) in [5.74, 6) is 0.208. The predicted octanol–water partition coefficient (Wildman–Crippen LogP) is 5.30. The van der Waals surface area contributed by atoms with Crippen molar-refractivity contribution < 1.29 is 13.9 Å². The Kier molecular flexibility index (Phi) is 5.37. The van der Waals surface area contributed by atoms with Crippen LogP contribution in [0.3, 0.4) is 0 Å². The van der Waals surface area contributed by atoms with Crippen molar-refractivity contribution >= 4 is 11.9 Å². The highest BCUT2D eigenvalue weighted by molar-refractivity contribution is 6.06. The number of allylic oxidation sites excluding steroid dienone is 1. The van der Waals surface area contributed by atoms with Crippen molar-refractivity contribution in [2.24, 2.45) is 0 Å². The van der Waals surface area contributed by atoms with E-state index < -0.39 is 0 Å². The van der Waals surface area contributed by atoms with Crippen LogP contribution in [0.1, 0.15) is 21.5 Å². The highest BCUT2D eigenvalue weighted by Crippen LogP contribution is 2.16. The minimum absolute atomic E-state index is 0.171. The molecule has 0 heterocycles. The largest absolute Gasteiger partial charge is 0.489 e. The fraction of sp³-hybridized carbons (Fsp3) is 0.0455. The van der Waals surface area contributed by atoms with Gasteiger partial charge in [0.25, 0.3) is 0 Å². The van der Waals surface area contributed by atoms with Crippen LogP contribution >= 0.6 is 0 Å². The molecule has 0 bridgehead atoms. The van der Waals surface area contributed by atoms with Crippen LogP contribution in [0.25, 0.3) is 6.08 Å². The quantitative estimate of drug-likeness (QED) is 0.452. The summed E-state index contributed by atoms with van der Waals surface area (Å²) in [4.78, 5) is 12.1. The molecule has 124 valence electrons. The van der Waals surface area contributed by atoms with Gasteiger partial charge in [0, 0.05) is 5.56 Å². The smallest absolute Gasteiger partial charge is 0.185 e. The number of rotatable bonds is 6. The number of hydrogen-bond donors (Lipinski definition) is 0. The van der Waals surface area contributed by atoms with E-state index in [0.717, 1.165) is 16.9 Å². The van der Waals surface area contributed by atoms with Crippen LogP contribution in [-0.4, -0.2) is 5.78 Å². The molecule has 3 aromatic carbocycles. The zero-order valence-electron chi connectivity index (χ0n) is 13.6. The van der Waals surface area contributed by atoms with Gasteiger partial charge >= 0.3 is 0 Å². The first-order valence-corrected chi connectivity index (χ1v) is 7.95. The number of ether oxygens (including phenoxy) is 1. The van der Waals surface area contributed by atoms with Crippen LogP contribution in [0.4, 0.5) is 4.39 Å². The number of hydrogen-bond acceptors (Lipinski definition) is 2. The third-order valence-electron chi connectivity index (χ3n) is 3.66. The highest BCUT2D eigenvalue weighted by atomic mass is 19.1. The average Bonchev–Trinajstić information content (AvgIpc) is 2.66. The molecular formula is C22H17FO2. The molecule has 25 heavy (non-hydrogen) atoms. The van der Waals surface area contributed by atoms with Gasteiger partial charge in [-0.15, -0.1) is 0 Å². The standard InChI is InChI=1S/C22H17FO2/c23-20-12-10-19(11-13-20)22(24)14-9-17-7-4-8-21(15-17)25-16-18-5-2-1-3-6-18/h1-15H,16H2/b14-9+. The molecule has 0 unspecified atom stereocenters. The number of carbonyl (C=O) groups excluding carboxylic acids is 1. The lowest BCUT2D eigenvalue weighted by Crippen LogP contribution is -1.95. The Morgan fingerprint density at radius 3 is 2.44 bits per heavy atom. The van der Waals surface area contributed by atoms with Crippen LogP contribution in [0.15, 0.2) is 84.9 Å². The summed E-state index contributed by atoms with van der Waals surface area (Å²) in [6, 6.07) is 22.9. The lowest BCUT2D eigenvalue weighted by molar-refractivity contribution is 0.104. The van der Waals surface area contributed by atoms with Gasteiger partial charge < -0.3 is 4.74 Å². The molecule has 0 saturated heterocycles. The Morgan fingerprint density at radius 1 is 0.920 bits per heavy atom. The maximum absolute atomic E-state index is 12.9. The van der Waals surface area contributed by atoms with E-state index in [4.69, 9.17) is 4.74 Å². The summed E-state index contributed by atoms with van der Waals surface area (Å²) in [5.41, 5.74) is 2.41. The van der Waals surface area contributed by atoms with Crippen molar-refractivity contribution in [2.45, 2.75) is 6.61 Å². The second-order valence-corrected chi connectivity index (χ2v) is 5.55. The average molecular weight is 332 g/mol. The van der Waals surface area contributed by atoms with Gasteiger partial charge in [-0.25, -0.2) is 4.39 Å². The molecule has 0 aromatic heterocycles. The van der Waals surface area contributed by atoms with Crippen LogP contribution in [0.2, 0.25) is 0 Å². The molecule has 0 aliphatic rings. The van der Waals surface area contributed by atoms with E-state index in [9.17, 15) is 9.18 Å². The van der Waals surface area contributed by atoms with E-state index in [0.29, 0.717) is 12.2 Å². The van der Waals surface area contributed by atoms with Gasteiger partial charge in [0.1, 0.15) is 18.2 Å². The normalized spacial score (nSPS) is 10.8. The highest BCUT2D eigenvalue weighted by Gasteiger charge is 2.02. The number of carbonyl (C=O) groups is 1. The molecule has 3 aromatic rings. The van der Waals surface area contributed by atoms with Gasteiger partial charge in [0.2, 0.25) is 0 Å². The van der Waals surface area contributed by atoms with Gasteiger partial charge in [0.05, 0.1) is 0 Å². The molecule has 0 fully saturated rings. The summed E-state index contributed by atoms with van der Waals surface area (Å²) >= 11 is 0. The molecular weight excluding hydrogens is 315 g/mol. The van der Waals surface area contributed by atoms with Gasteiger partial charge in [0.15, 0.2) is 5.78 Å². The van der Waals surface area contributed by atoms with Crippen molar-refractivity contribution in [3.05, 3.63) is 107 Å². The van der Waals surface area contributed by atoms with E-state index in [2.05, 4.69) is 0 Å². The molecule has 0 aliphatic heterocycles. The first-order chi connectivity index (χ1) is 12.2. The minimum Gasteiger partial charge on any atom is -0.489 e. The Hall–Kier alpha value is -3.20. The fourth-order valence-electron chi connectivity index (χ4n) is 2.33. The molecule has 3 heteroatoms. The van der Waals surface area contributed by atoms with Crippen molar-refractivity contribution in [2.75, 3.05) is 0 Å². The zero-order valence-corrected chi connectivity index (χ0v) is 13.6. The maximum Gasteiger partial charge on any atom is 0.185 e. The molecule has 3 rings (SSSR count). The molecule has 2 nitrogen and oxygen atoms in total. The van der Waals surface area contributed by atoms with Gasteiger partial charge in [-0.1, -0.05) is 48.5 Å². The van der Waals surface area contributed by atoms with Crippen molar-refractivity contribution in [3.8, 4) is 5.75 Å². The van der Waals surface area contributed by atoms with Crippen LogP contribution < -0.4 is 4.74 Å². The third kappa shape index (κ3) is 4.88. The monoisotopic (exact) mass is 332 g/mol. The molecule has 0 radical (unpaired) electrons. The van der Waals surface area contributed by atoms with E-state index in [1.807, 2.05) is 54.6 Å². The van der Waals surface area contributed by atoms with Gasteiger partial charge in [-0.2, -0.15) is 0 Å². The summed E-state index contributed by atoms with van der Waals surface area (Å²) in [6.45, 7) is 0.489. The van der Waals surface area contributed by atoms with Crippen molar-refractivity contribution in [3.63, 3.8) is 0 Å². The third-order valence-corrected chi connectivity index (χ3v) is 3.66. The lowest BCUT2D eigenvalue weighted by atomic mass is 10.1. The van der Waals surface area contributed by atoms with E-state index >= 15 is 0 Å². The van der Waals surface area contributed by atoms with Gasteiger partial charge in [-0.05, 0) is 53.6 Å². The first-order valence-electron chi connectivity index (χ1n) is 7.95. The Morgan fingerprint density at radius 2 is 1.68 bits per heavy atom. The van der Waals surface area contributed by atoms with Crippen LogP contribution in [0, 0.1) is 5.82 Å². The second kappa shape index (κ2) is 8.06.